The van der Waals surface area contributed by atoms with Crippen molar-refractivity contribution in [3.05, 3.63) is 0 Å². The number of aliphatic carboxylic acids is 1. The standard InChI is InChI=1S/C9H16N2O4S2/c1-10(2)17(14,15)11-7(9(12)13)5-16-8(11)6-3-4-6/h6-8H,3-5H2,1-2H3,(H,12,13). The molecule has 98 valence electrons. The third kappa shape index (κ3) is 2.31. The fourth-order valence-corrected chi connectivity index (χ4v) is 5.32. The number of thioether (sulfide) groups is 1. The van der Waals surface area contributed by atoms with Crippen molar-refractivity contribution in [2.75, 3.05) is 19.8 Å². The first-order valence-electron chi connectivity index (χ1n) is 5.41. The topological polar surface area (TPSA) is 77.9 Å². The Balaban J connectivity index is 2.32. The smallest absolute Gasteiger partial charge is 0.322 e. The second kappa shape index (κ2) is 4.42. The lowest BCUT2D eigenvalue weighted by atomic mass is 10.3. The van der Waals surface area contributed by atoms with Gasteiger partial charge in [-0.25, -0.2) is 0 Å². The molecule has 2 rings (SSSR count). The molecular weight excluding hydrogens is 264 g/mol. The summed E-state index contributed by atoms with van der Waals surface area (Å²) in [4.78, 5) is 11.1. The molecule has 0 radical (unpaired) electrons. The highest BCUT2D eigenvalue weighted by molar-refractivity contribution is 8.01. The van der Waals surface area contributed by atoms with E-state index in [-0.39, 0.29) is 5.37 Å². The maximum Gasteiger partial charge on any atom is 0.322 e. The van der Waals surface area contributed by atoms with Gasteiger partial charge in [-0.05, 0) is 18.8 Å². The lowest BCUT2D eigenvalue weighted by Crippen LogP contribution is -2.50. The Morgan fingerprint density at radius 2 is 2.00 bits per heavy atom. The van der Waals surface area contributed by atoms with Crippen LogP contribution in [0.1, 0.15) is 12.8 Å². The van der Waals surface area contributed by atoms with E-state index in [2.05, 4.69) is 0 Å². The number of carbonyl (C=O) groups is 1. The fraction of sp³-hybridized carbons (Fsp3) is 0.889. The number of hydrogen-bond donors (Lipinski definition) is 1. The molecule has 0 aromatic carbocycles. The highest BCUT2D eigenvalue weighted by Gasteiger charge is 2.51. The molecule has 6 nitrogen and oxygen atoms in total. The molecule has 1 saturated heterocycles. The minimum atomic E-state index is -3.66. The van der Waals surface area contributed by atoms with E-state index in [1.165, 1.54) is 30.2 Å². The van der Waals surface area contributed by atoms with Crippen molar-refractivity contribution < 1.29 is 18.3 Å². The number of carboxylic acid groups (broad SMARTS) is 1. The normalized spacial score (nSPS) is 31.0. The van der Waals surface area contributed by atoms with Gasteiger partial charge in [0, 0.05) is 19.8 Å². The van der Waals surface area contributed by atoms with Crippen LogP contribution in [0.25, 0.3) is 0 Å². The van der Waals surface area contributed by atoms with Gasteiger partial charge in [-0.2, -0.15) is 17.0 Å². The lowest BCUT2D eigenvalue weighted by molar-refractivity contribution is -0.140. The summed E-state index contributed by atoms with van der Waals surface area (Å²) < 4.78 is 26.6. The Kier molecular flexibility index (Phi) is 3.41. The molecular formula is C9H16N2O4S2. The summed E-state index contributed by atoms with van der Waals surface area (Å²) in [5.41, 5.74) is 0. The molecule has 0 amide bonds. The van der Waals surface area contributed by atoms with Crippen LogP contribution in [-0.4, -0.2) is 59.4 Å². The Morgan fingerprint density at radius 1 is 1.41 bits per heavy atom. The minimum Gasteiger partial charge on any atom is -0.480 e. The van der Waals surface area contributed by atoms with Crippen molar-refractivity contribution in [1.82, 2.24) is 8.61 Å². The molecule has 1 aliphatic carbocycles. The maximum absolute atomic E-state index is 12.2. The van der Waals surface area contributed by atoms with E-state index in [4.69, 9.17) is 5.11 Å². The van der Waals surface area contributed by atoms with Crippen LogP contribution in [0.2, 0.25) is 0 Å². The van der Waals surface area contributed by atoms with Gasteiger partial charge in [-0.3, -0.25) is 4.79 Å². The zero-order valence-electron chi connectivity index (χ0n) is 9.74. The molecule has 0 bridgehead atoms. The quantitative estimate of drug-likeness (QED) is 0.786. The van der Waals surface area contributed by atoms with Gasteiger partial charge in [0.05, 0.1) is 5.37 Å². The molecule has 8 heteroatoms. The van der Waals surface area contributed by atoms with Crippen LogP contribution in [0, 0.1) is 5.92 Å². The van der Waals surface area contributed by atoms with Crippen molar-refractivity contribution >= 4 is 27.9 Å². The van der Waals surface area contributed by atoms with E-state index in [0.29, 0.717) is 11.7 Å². The maximum atomic E-state index is 12.2. The molecule has 2 fully saturated rings. The monoisotopic (exact) mass is 280 g/mol. The van der Waals surface area contributed by atoms with Crippen LogP contribution < -0.4 is 0 Å². The molecule has 0 aromatic heterocycles. The van der Waals surface area contributed by atoms with Gasteiger partial charge in [0.25, 0.3) is 10.2 Å². The van der Waals surface area contributed by atoms with Gasteiger partial charge in [0.15, 0.2) is 0 Å². The first kappa shape index (κ1) is 13.1. The van der Waals surface area contributed by atoms with Gasteiger partial charge in [-0.1, -0.05) is 0 Å². The second-order valence-corrected chi connectivity index (χ2v) is 7.73. The van der Waals surface area contributed by atoms with Gasteiger partial charge in [-0.15, -0.1) is 11.8 Å². The molecule has 1 aliphatic heterocycles. The largest absolute Gasteiger partial charge is 0.480 e. The Labute approximate surface area is 105 Å². The summed E-state index contributed by atoms with van der Waals surface area (Å²) in [6.45, 7) is 0. The summed E-state index contributed by atoms with van der Waals surface area (Å²) in [7, 11) is -0.797. The highest BCUT2D eigenvalue weighted by atomic mass is 32.2. The molecule has 1 N–H and O–H groups in total. The first-order chi connectivity index (χ1) is 7.85. The molecule has 1 heterocycles. The summed E-state index contributed by atoms with van der Waals surface area (Å²) in [6.07, 6.45) is 1.98. The Morgan fingerprint density at radius 3 is 2.41 bits per heavy atom. The third-order valence-electron chi connectivity index (χ3n) is 3.02. The van der Waals surface area contributed by atoms with Crippen molar-refractivity contribution in [3.63, 3.8) is 0 Å². The average Bonchev–Trinajstić information content (AvgIpc) is 2.95. The van der Waals surface area contributed by atoms with Gasteiger partial charge < -0.3 is 5.11 Å². The first-order valence-corrected chi connectivity index (χ1v) is 7.85. The Hall–Kier alpha value is -0.310. The van der Waals surface area contributed by atoms with Crippen LogP contribution in [0.15, 0.2) is 0 Å². The molecule has 0 spiro atoms. The molecule has 2 unspecified atom stereocenters. The van der Waals surface area contributed by atoms with Crippen LogP contribution in [0.3, 0.4) is 0 Å². The molecule has 2 atom stereocenters. The highest BCUT2D eigenvalue weighted by Crippen LogP contribution is 2.46. The lowest BCUT2D eigenvalue weighted by Gasteiger charge is -2.28. The number of nitrogens with zero attached hydrogens (tertiary/aromatic N) is 2. The van der Waals surface area contributed by atoms with E-state index >= 15 is 0 Å². The van der Waals surface area contributed by atoms with E-state index in [0.717, 1.165) is 17.1 Å². The predicted molar refractivity (Wildman–Crippen MR) is 64.8 cm³/mol. The van der Waals surface area contributed by atoms with Crippen molar-refractivity contribution in [2.45, 2.75) is 24.3 Å². The van der Waals surface area contributed by atoms with Crippen LogP contribution >= 0.6 is 11.8 Å². The third-order valence-corrected chi connectivity index (χ3v) is 6.55. The SMILES string of the molecule is CN(C)S(=O)(=O)N1C(C(=O)O)CSC1C1CC1. The predicted octanol–water partition coefficient (Wildman–Crippen LogP) is 0.0309. The molecule has 1 saturated carbocycles. The Bertz CT molecular complexity index is 419. The van der Waals surface area contributed by atoms with Gasteiger partial charge in [0.1, 0.15) is 6.04 Å². The zero-order chi connectivity index (χ0) is 12.8. The van der Waals surface area contributed by atoms with Gasteiger partial charge in [0.2, 0.25) is 0 Å². The van der Waals surface area contributed by atoms with Crippen molar-refractivity contribution in [1.29, 1.82) is 0 Å². The zero-order valence-corrected chi connectivity index (χ0v) is 11.4. The average molecular weight is 280 g/mol. The molecule has 2 aliphatic rings. The van der Waals surface area contributed by atoms with Gasteiger partial charge >= 0.3 is 5.97 Å². The second-order valence-electron chi connectivity index (χ2n) is 4.54. The fourth-order valence-electron chi connectivity index (χ4n) is 1.90. The number of carboxylic acids is 1. The summed E-state index contributed by atoms with van der Waals surface area (Å²) in [5, 5.41) is 8.91. The number of rotatable bonds is 4. The van der Waals surface area contributed by atoms with E-state index < -0.39 is 22.2 Å². The van der Waals surface area contributed by atoms with Crippen molar-refractivity contribution in [3.8, 4) is 0 Å². The van der Waals surface area contributed by atoms with Crippen LogP contribution in [0.5, 0.6) is 0 Å². The molecule has 17 heavy (non-hydrogen) atoms. The van der Waals surface area contributed by atoms with Crippen LogP contribution in [-0.2, 0) is 15.0 Å². The summed E-state index contributed by atoms with van der Waals surface area (Å²) >= 11 is 1.44. The van der Waals surface area contributed by atoms with Crippen molar-refractivity contribution in [2.24, 2.45) is 5.92 Å². The number of hydrogen-bond acceptors (Lipinski definition) is 4. The van der Waals surface area contributed by atoms with Crippen LogP contribution in [0.4, 0.5) is 0 Å². The van der Waals surface area contributed by atoms with E-state index in [1.807, 2.05) is 0 Å². The minimum absolute atomic E-state index is 0.205. The van der Waals surface area contributed by atoms with E-state index in [9.17, 15) is 13.2 Å². The summed E-state index contributed by atoms with van der Waals surface area (Å²) in [5.74, 6) is -0.408. The molecule has 0 aromatic rings. The summed E-state index contributed by atoms with van der Waals surface area (Å²) in [6, 6.07) is -0.932. The van der Waals surface area contributed by atoms with E-state index in [1.54, 1.807) is 0 Å².